The fourth-order valence-corrected chi connectivity index (χ4v) is 2.33. The summed E-state index contributed by atoms with van der Waals surface area (Å²) in [6, 6.07) is 13.8. The number of para-hydroxylation sites is 1. The van der Waals surface area contributed by atoms with Crippen molar-refractivity contribution >= 4 is 34.3 Å². The molecule has 0 atom stereocenters. The molecule has 5 heteroatoms. The summed E-state index contributed by atoms with van der Waals surface area (Å²) in [5, 5.41) is 0. The highest BCUT2D eigenvalue weighted by atomic mass is 127. The molecule has 0 N–H and O–H groups in total. The minimum atomic E-state index is -0.517. The van der Waals surface area contributed by atoms with E-state index in [1.165, 1.54) is 7.11 Å². The van der Waals surface area contributed by atoms with E-state index >= 15 is 0 Å². The molecule has 0 amide bonds. The van der Waals surface area contributed by atoms with Gasteiger partial charge in [0, 0.05) is 3.57 Å². The number of hydrogen-bond donors (Lipinski definition) is 0. The Balaban J connectivity index is 2.02. The van der Waals surface area contributed by atoms with Gasteiger partial charge in [0.05, 0.1) is 18.2 Å². The zero-order chi connectivity index (χ0) is 15.2. The van der Waals surface area contributed by atoms with Gasteiger partial charge in [-0.25, -0.2) is 4.79 Å². The lowest BCUT2D eigenvalue weighted by Crippen LogP contribution is -2.15. The Morgan fingerprint density at radius 1 is 1.10 bits per heavy atom. The number of carbonyl (C=O) groups excluding carboxylic acids is 2. The molecule has 2 aromatic rings. The Bertz CT molecular complexity index is 667. The summed E-state index contributed by atoms with van der Waals surface area (Å²) in [6.07, 6.45) is 0. The number of ketones is 1. The van der Waals surface area contributed by atoms with Crippen molar-refractivity contribution < 1.29 is 19.1 Å². The predicted octanol–water partition coefficient (Wildman–Crippen LogP) is 3.34. The second-order valence-electron chi connectivity index (χ2n) is 4.21. The molecule has 0 saturated carbocycles. The van der Waals surface area contributed by atoms with E-state index in [0.29, 0.717) is 16.9 Å². The number of esters is 1. The maximum absolute atomic E-state index is 12.1. The highest BCUT2D eigenvalue weighted by molar-refractivity contribution is 14.1. The van der Waals surface area contributed by atoms with Gasteiger partial charge >= 0.3 is 5.97 Å². The molecule has 0 saturated heterocycles. The van der Waals surface area contributed by atoms with Crippen molar-refractivity contribution in [1.82, 2.24) is 0 Å². The minimum Gasteiger partial charge on any atom is -0.496 e. The summed E-state index contributed by atoms with van der Waals surface area (Å²) in [5.74, 6) is -0.351. The number of Topliss-reactive ketones (excluding diaryl/α,β-unsaturated/α-hetero) is 1. The van der Waals surface area contributed by atoms with Crippen molar-refractivity contribution in [2.24, 2.45) is 0 Å². The average molecular weight is 396 g/mol. The van der Waals surface area contributed by atoms with Crippen LogP contribution >= 0.6 is 22.6 Å². The first-order valence-electron chi connectivity index (χ1n) is 6.20. The van der Waals surface area contributed by atoms with E-state index in [1.807, 2.05) is 6.07 Å². The van der Waals surface area contributed by atoms with Gasteiger partial charge < -0.3 is 9.47 Å². The van der Waals surface area contributed by atoms with Gasteiger partial charge in [-0.15, -0.1) is 0 Å². The number of benzene rings is 2. The van der Waals surface area contributed by atoms with Crippen LogP contribution < -0.4 is 4.74 Å². The quantitative estimate of drug-likeness (QED) is 0.442. The molecule has 0 aromatic heterocycles. The van der Waals surface area contributed by atoms with Crippen LogP contribution in [0.3, 0.4) is 0 Å². The normalized spacial score (nSPS) is 10.0. The van der Waals surface area contributed by atoms with Crippen molar-refractivity contribution in [3.63, 3.8) is 0 Å². The smallest absolute Gasteiger partial charge is 0.338 e. The maximum atomic E-state index is 12.1. The second kappa shape index (κ2) is 7.21. The topological polar surface area (TPSA) is 52.6 Å². The molecule has 0 aliphatic rings. The zero-order valence-electron chi connectivity index (χ0n) is 11.3. The third kappa shape index (κ3) is 4.04. The molecular weight excluding hydrogens is 383 g/mol. The highest BCUT2D eigenvalue weighted by Crippen LogP contribution is 2.18. The van der Waals surface area contributed by atoms with Crippen molar-refractivity contribution in [3.8, 4) is 5.75 Å². The number of hydrogen-bond acceptors (Lipinski definition) is 4. The van der Waals surface area contributed by atoms with Crippen molar-refractivity contribution in [3.05, 3.63) is 63.2 Å². The van der Waals surface area contributed by atoms with E-state index in [-0.39, 0.29) is 12.4 Å². The first-order chi connectivity index (χ1) is 10.1. The number of carbonyl (C=O) groups is 2. The van der Waals surface area contributed by atoms with E-state index in [1.54, 1.807) is 42.5 Å². The molecule has 21 heavy (non-hydrogen) atoms. The number of methoxy groups -OCH3 is 1. The molecular formula is C16H13IO4. The molecule has 0 aliphatic carbocycles. The van der Waals surface area contributed by atoms with Crippen LogP contribution in [-0.4, -0.2) is 25.5 Å². The van der Waals surface area contributed by atoms with Gasteiger partial charge in [0.25, 0.3) is 0 Å². The molecule has 0 spiro atoms. The van der Waals surface area contributed by atoms with Gasteiger partial charge in [-0.1, -0.05) is 18.2 Å². The molecule has 0 fully saturated rings. The predicted molar refractivity (Wildman–Crippen MR) is 86.8 cm³/mol. The van der Waals surface area contributed by atoms with Crippen molar-refractivity contribution in [2.45, 2.75) is 0 Å². The van der Waals surface area contributed by atoms with Crippen LogP contribution in [0, 0.1) is 3.57 Å². The lowest BCUT2D eigenvalue weighted by atomic mass is 10.1. The van der Waals surface area contributed by atoms with Gasteiger partial charge in [0.2, 0.25) is 5.78 Å². The SMILES string of the molecule is COc1ccccc1C(=O)COC(=O)c1cccc(I)c1. The van der Waals surface area contributed by atoms with Crippen molar-refractivity contribution in [2.75, 3.05) is 13.7 Å². The summed E-state index contributed by atoms with van der Waals surface area (Å²) in [4.78, 5) is 23.9. The molecule has 0 unspecified atom stereocenters. The summed E-state index contributed by atoms with van der Waals surface area (Å²) in [6.45, 7) is -0.315. The van der Waals surface area contributed by atoms with E-state index < -0.39 is 5.97 Å². The monoisotopic (exact) mass is 396 g/mol. The second-order valence-corrected chi connectivity index (χ2v) is 5.46. The van der Waals surface area contributed by atoms with E-state index in [9.17, 15) is 9.59 Å². The van der Waals surface area contributed by atoms with Gasteiger partial charge in [0.1, 0.15) is 5.75 Å². The van der Waals surface area contributed by atoms with Crippen molar-refractivity contribution in [1.29, 1.82) is 0 Å². The maximum Gasteiger partial charge on any atom is 0.338 e. The Labute approximate surface area is 136 Å². The van der Waals surface area contributed by atoms with Gasteiger partial charge in [0.15, 0.2) is 6.61 Å². The summed E-state index contributed by atoms with van der Waals surface area (Å²) in [7, 11) is 1.49. The summed E-state index contributed by atoms with van der Waals surface area (Å²) >= 11 is 2.11. The summed E-state index contributed by atoms with van der Waals surface area (Å²) < 4.78 is 11.1. The van der Waals surface area contributed by atoms with E-state index in [4.69, 9.17) is 9.47 Å². The van der Waals surface area contributed by atoms with Crippen LogP contribution in [0.1, 0.15) is 20.7 Å². The number of rotatable bonds is 5. The van der Waals surface area contributed by atoms with Crippen LogP contribution in [0.15, 0.2) is 48.5 Å². The average Bonchev–Trinajstić information content (AvgIpc) is 2.52. The lowest BCUT2D eigenvalue weighted by molar-refractivity contribution is 0.0474. The van der Waals surface area contributed by atoms with E-state index in [0.717, 1.165) is 3.57 Å². The first-order valence-corrected chi connectivity index (χ1v) is 7.28. The fraction of sp³-hybridized carbons (Fsp3) is 0.125. The van der Waals surface area contributed by atoms with Crippen LogP contribution in [-0.2, 0) is 4.74 Å². The fourth-order valence-electron chi connectivity index (χ4n) is 1.78. The molecule has 0 radical (unpaired) electrons. The first kappa shape index (κ1) is 15.5. The molecule has 0 bridgehead atoms. The highest BCUT2D eigenvalue weighted by Gasteiger charge is 2.15. The Kier molecular flexibility index (Phi) is 5.32. The minimum absolute atomic E-state index is 0.300. The van der Waals surface area contributed by atoms with Gasteiger partial charge in [-0.05, 0) is 52.9 Å². The largest absolute Gasteiger partial charge is 0.496 e. The molecule has 2 aromatic carbocycles. The van der Waals surface area contributed by atoms with Crippen LogP contribution in [0.25, 0.3) is 0 Å². The van der Waals surface area contributed by atoms with E-state index in [2.05, 4.69) is 22.6 Å². The number of ether oxygens (including phenoxy) is 2. The molecule has 108 valence electrons. The zero-order valence-corrected chi connectivity index (χ0v) is 13.5. The standard InChI is InChI=1S/C16H13IO4/c1-20-15-8-3-2-7-13(15)14(18)10-21-16(19)11-5-4-6-12(17)9-11/h2-9H,10H2,1H3. The number of halogens is 1. The lowest BCUT2D eigenvalue weighted by Gasteiger charge is -2.08. The van der Waals surface area contributed by atoms with Crippen LogP contribution in [0.4, 0.5) is 0 Å². The van der Waals surface area contributed by atoms with Crippen LogP contribution in [0.2, 0.25) is 0 Å². The van der Waals surface area contributed by atoms with Gasteiger partial charge in [-0.2, -0.15) is 0 Å². The Morgan fingerprint density at radius 2 is 1.86 bits per heavy atom. The Hall–Kier alpha value is -1.89. The molecule has 0 aliphatic heterocycles. The molecule has 0 heterocycles. The Morgan fingerprint density at radius 3 is 2.57 bits per heavy atom. The molecule has 4 nitrogen and oxygen atoms in total. The third-order valence-corrected chi connectivity index (χ3v) is 3.47. The van der Waals surface area contributed by atoms with Crippen LogP contribution in [0.5, 0.6) is 5.75 Å². The third-order valence-electron chi connectivity index (χ3n) is 2.80. The molecule has 2 rings (SSSR count). The van der Waals surface area contributed by atoms with Gasteiger partial charge in [-0.3, -0.25) is 4.79 Å². The summed E-state index contributed by atoms with van der Waals surface area (Å²) in [5.41, 5.74) is 0.824.